The molecule has 4 heteroatoms. The summed E-state index contributed by atoms with van der Waals surface area (Å²) in [5.74, 6) is 0.754. The number of amides is 1. The van der Waals surface area contributed by atoms with Gasteiger partial charge in [-0.25, -0.2) is 0 Å². The van der Waals surface area contributed by atoms with Gasteiger partial charge in [-0.3, -0.25) is 4.79 Å². The summed E-state index contributed by atoms with van der Waals surface area (Å²) in [6.45, 7) is 2.48. The molecule has 3 aliphatic rings. The van der Waals surface area contributed by atoms with Crippen molar-refractivity contribution < 1.29 is 9.53 Å². The van der Waals surface area contributed by atoms with Crippen LogP contribution in [0.2, 0.25) is 0 Å². The smallest absolute Gasteiger partial charge is 0.253 e. The Hall–Kier alpha value is -1.39. The van der Waals surface area contributed by atoms with Gasteiger partial charge in [0.15, 0.2) is 0 Å². The zero-order valence-electron chi connectivity index (χ0n) is 14.4. The van der Waals surface area contributed by atoms with E-state index in [-0.39, 0.29) is 11.9 Å². The van der Waals surface area contributed by atoms with E-state index in [0.29, 0.717) is 12.0 Å². The monoisotopic (exact) mass is 328 g/mol. The van der Waals surface area contributed by atoms with Gasteiger partial charge in [-0.2, -0.15) is 0 Å². The molecule has 24 heavy (non-hydrogen) atoms. The highest BCUT2D eigenvalue weighted by Crippen LogP contribution is 2.29. The summed E-state index contributed by atoms with van der Waals surface area (Å²) in [4.78, 5) is 14.8. The number of likely N-dealkylation sites (tertiary alicyclic amines) is 1. The lowest BCUT2D eigenvalue weighted by molar-refractivity contribution is -0.0419. The average Bonchev–Trinajstić information content (AvgIpc) is 3.09. The van der Waals surface area contributed by atoms with Crippen molar-refractivity contribution in [3.63, 3.8) is 0 Å². The first-order valence-electron chi connectivity index (χ1n) is 9.49. The number of hydrogen-bond acceptors (Lipinski definition) is 3. The predicted molar refractivity (Wildman–Crippen MR) is 94.0 cm³/mol. The maximum Gasteiger partial charge on any atom is 0.253 e. The molecule has 2 fully saturated rings. The zero-order chi connectivity index (χ0) is 16.5. The number of carbonyl (C=O) groups is 1. The molecule has 0 saturated carbocycles. The van der Waals surface area contributed by atoms with E-state index < -0.39 is 0 Å². The lowest BCUT2D eigenvalue weighted by Crippen LogP contribution is -2.45. The van der Waals surface area contributed by atoms with Crippen molar-refractivity contribution in [3.8, 4) is 0 Å². The number of fused-ring (bicyclic) bond motifs is 1. The molecule has 2 aliphatic heterocycles. The van der Waals surface area contributed by atoms with Crippen molar-refractivity contribution in [2.45, 2.75) is 57.1 Å². The van der Waals surface area contributed by atoms with Crippen LogP contribution in [-0.2, 0) is 17.6 Å². The van der Waals surface area contributed by atoms with Crippen LogP contribution < -0.4 is 5.73 Å². The summed E-state index contributed by atoms with van der Waals surface area (Å²) in [6.07, 6.45) is 7.84. The normalized spacial score (nSPS) is 28.0. The van der Waals surface area contributed by atoms with Crippen molar-refractivity contribution in [2.75, 3.05) is 19.7 Å². The van der Waals surface area contributed by atoms with Gasteiger partial charge in [0.2, 0.25) is 0 Å². The fourth-order valence-corrected chi connectivity index (χ4v) is 4.55. The quantitative estimate of drug-likeness (QED) is 0.908. The van der Waals surface area contributed by atoms with Gasteiger partial charge in [0.1, 0.15) is 0 Å². The fourth-order valence-electron chi connectivity index (χ4n) is 4.55. The molecule has 2 N–H and O–H groups in total. The highest BCUT2D eigenvalue weighted by molar-refractivity contribution is 5.94. The Morgan fingerprint density at radius 1 is 1.12 bits per heavy atom. The third-order valence-corrected chi connectivity index (χ3v) is 6.05. The van der Waals surface area contributed by atoms with E-state index in [4.69, 9.17) is 10.5 Å². The summed E-state index contributed by atoms with van der Waals surface area (Å²) >= 11 is 0. The number of rotatable bonds is 2. The highest BCUT2D eigenvalue weighted by Gasteiger charge is 2.32. The van der Waals surface area contributed by atoms with Crippen molar-refractivity contribution >= 4 is 5.91 Å². The van der Waals surface area contributed by atoms with Crippen molar-refractivity contribution in [1.29, 1.82) is 0 Å². The second-order valence-electron chi connectivity index (χ2n) is 7.66. The summed E-state index contributed by atoms with van der Waals surface area (Å²) < 4.78 is 5.94. The lowest BCUT2D eigenvalue weighted by Gasteiger charge is -2.38. The molecule has 0 aromatic heterocycles. The minimum atomic E-state index is 0.199. The Morgan fingerprint density at radius 2 is 1.92 bits per heavy atom. The molecule has 4 nitrogen and oxygen atoms in total. The lowest BCUT2D eigenvalue weighted by atomic mass is 9.86. The second kappa shape index (κ2) is 6.85. The standard InChI is InChI=1S/C20H28N2O2/c21-18-8-11-24-19(13-18)15-6-9-22(10-7-15)20(23)17-5-4-14-2-1-3-16(14)12-17/h4-5,12,15,18-19H,1-3,6-11,13,21H2/t18-,19-/m1/s1. The first-order chi connectivity index (χ1) is 11.7. The van der Waals surface area contributed by atoms with Crippen LogP contribution in [0, 0.1) is 5.92 Å². The van der Waals surface area contributed by atoms with Gasteiger partial charge in [-0.05, 0) is 74.1 Å². The van der Waals surface area contributed by atoms with Crippen LogP contribution in [0.1, 0.15) is 53.6 Å². The number of hydrogen-bond donors (Lipinski definition) is 1. The molecule has 0 bridgehead atoms. The maximum absolute atomic E-state index is 12.8. The van der Waals surface area contributed by atoms with Gasteiger partial charge in [0.05, 0.1) is 6.10 Å². The van der Waals surface area contributed by atoms with E-state index in [1.807, 2.05) is 11.0 Å². The first kappa shape index (κ1) is 16.1. The van der Waals surface area contributed by atoms with Crippen LogP contribution in [-0.4, -0.2) is 42.6 Å². The summed E-state index contributed by atoms with van der Waals surface area (Å²) in [7, 11) is 0. The number of benzene rings is 1. The van der Waals surface area contributed by atoms with Crippen molar-refractivity contribution in [2.24, 2.45) is 11.7 Å². The van der Waals surface area contributed by atoms with Gasteiger partial charge in [-0.15, -0.1) is 0 Å². The predicted octanol–water partition coefficient (Wildman–Crippen LogP) is 2.53. The Balaban J connectivity index is 1.36. The molecule has 0 unspecified atom stereocenters. The number of nitrogens with zero attached hydrogens (tertiary/aromatic N) is 1. The second-order valence-corrected chi connectivity index (χ2v) is 7.66. The molecule has 1 amide bonds. The van der Waals surface area contributed by atoms with Gasteiger partial charge in [0, 0.05) is 31.3 Å². The third kappa shape index (κ3) is 3.22. The molecule has 1 aromatic rings. The van der Waals surface area contributed by atoms with E-state index in [2.05, 4.69) is 12.1 Å². The topological polar surface area (TPSA) is 55.6 Å². The Morgan fingerprint density at radius 3 is 2.71 bits per heavy atom. The molecule has 1 aromatic carbocycles. The number of nitrogens with two attached hydrogens (primary N) is 1. The van der Waals surface area contributed by atoms with Crippen LogP contribution in [0.5, 0.6) is 0 Å². The Bertz CT molecular complexity index is 608. The minimum absolute atomic E-state index is 0.199. The highest BCUT2D eigenvalue weighted by atomic mass is 16.5. The average molecular weight is 328 g/mol. The number of ether oxygens (including phenoxy) is 1. The van der Waals surface area contributed by atoms with Crippen LogP contribution in [0.4, 0.5) is 0 Å². The molecule has 4 rings (SSSR count). The molecule has 2 heterocycles. The van der Waals surface area contributed by atoms with Crippen LogP contribution in [0.25, 0.3) is 0 Å². The van der Waals surface area contributed by atoms with E-state index >= 15 is 0 Å². The number of carbonyl (C=O) groups excluding carboxylic acids is 1. The minimum Gasteiger partial charge on any atom is -0.378 e. The zero-order valence-corrected chi connectivity index (χ0v) is 14.4. The summed E-state index contributed by atoms with van der Waals surface area (Å²) in [5, 5.41) is 0. The van der Waals surface area contributed by atoms with Gasteiger partial charge < -0.3 is 15.4 Å². The third-order valence-electron chi connectivity index (χ3n) is 6.05. The van der Waals surface area contributed by atoms with Crippen LogP contribution >= 0.6 is 0 Å². The SMILES string of the molecule is N[C@@H]1CCO[C@@H](C2CCN(C(=O)c3ccc4c(c3)CCC4)CC2)C1. The summed E-state index contributed by atoms with van der Waals surface area (Å²) in [6, 6.07) is 6.58. The van der Waals surface area contributed by atoms with Gasteiger partial charge >= 0.3 is 0 Å². The Kier molecular flexibility index (Phi) is 4.59. The van der Waals surface area contributed by atoms with Crippen molar-refractivity contribution in [1.82, 2.24) is 4.90 Å². The van der Waals surface area contributed by atoms with Crippen molar-refractivity contribution in [3.05, 3.63) is 34.9 Å². The molecule has 2 saturated heterocycles. The van der Waals surface area contributed by atoms with E-state index in [1.165, 1.54) is 24.0 Å². The molecule has 130 valence electrons. The van der Waals surface area contributed by atoms with Crippen LogP contribution in [0.3, 0.4) is 0 Å². The largest absolute Gasteiger partial charge is 0.378 e. The maximum atomic E-state index is 12.8. The molecule has 0 spiro atoms. The van der Waals surface area contributed by atoms with E-state index in [1.54, 1.807) is 0 Å². The number of piperidine rings is 1. The fraction of sp³-hybridized carbons (Fsp3) is 0.650. The molecular weight excluding hydrogens is 300 g/mol. The Labute approximate surface area is 144 Å². The van der Waals surface area contributed by atoms with Gasteiger partial charge in [0.25, 0.3) is 5.91 Å². The first-order valence-corrected chi connectivity index (χ1v) is 9.49. The molecule has 1 aliphatic carbocycles. The molecule has 0 radical (unpaired) electrons. The summed E-state index contributed by atoms with van der Waals surface area (Å²) in [5.41, 5.74) is 9.75. The van der Waals surface area contributed by atoms with E-state index in [9.17, 15) is 4.79 Å². The number of aryl methyl sites for hydroxylation is 2. The van der Waals surface area contributed by atoms with Gasteiger partial charge in [-0.1, -0.05) is 6.07 Å². The van der Waals surface area contributed by atoms with E-state index in [0.717, 1.165) is 57.4 Å². The van der Waals surface area contributed by atoms with Crippen LogP contribution in [0.15, 0.2) is 18.2 Å². The molecular formula is C20H28N2O2. The molecule has 2 atom stereocenters.